The first-order valence-electron chi connectivity index (χ1n) is 4.31. The van der Waals surface area contributed by atoms with Crippen LogP contribution in [0.25, 0.3) is 0 Å². The van der Waals surface area contributed by atoms with E-state index in [-0.39, 0.29) is 18.3 Å². The molecular formula is C10H10ClFO. The summed E-state index contributed by atoms with van der Waals surface area (Å²) in [6, 6.07) is 2.95. The Bertz CT molecular complexity index is 338. The second-order valence-corrected chi connectivity index (χ2v) is 3.75. The third-order valence-corrected chi connectivity index (χ3v) is 2.95. The predicted octanol–water partition coefficient (Wildman–Crippen LogP) is 2.50. The van der Waals surface area contributed by atoms with E-state index in [1.165, 1.54) is 6.07 Å². The Balaban J connectivity index is 2.55. The molecule has 1 atom stereocenters. The van der Waals surface area contributed by atoms with Gasteiger partial charge in [0.05, 0.1) is 6.61 Å². The molecule has 1 N–H and O–H groups in total. The van der Waals surface area contributed by atoms with Crippen LogP contribution in [0.1, 0.15) is 23.5 Å². The average molecular weight is 201 g/mol. The number of hydrogen-bond donors (Lipinski definition) is 1. The molecule has 1 aromatic rings. The Morgan fingerprint density at radius 3 is 3.00 bits per heavy atom. The topological polar surface area (TPSA) is 20.2 Å². The van der Waals surface area contributed by atoms with Crippen molar-refractivity contribution < 1.29 is 9.50 Å². The molecule has 0 amide bonds. The molecule has 1 aliphatic carbocycles. The molecule has 0 fully saturated rings. The number of aliphatic hydroxyl groups is 1. The lowest BCUT2D eigenvalue weighted by Gasteiger charge is -2.09. The maximum atomic E-state index is 13.2. The highest BCUT2D eigenvalue weighted by Gasteiger charge is 2.26. The summed E-state index contributed by atoms with van der Waals surface area (Å²) >= 11 is 5.94. The van der Waals surface area contributed by atoms with E-state index < -0.39 is 0 Å². The van der Waals surface area contributed by atoms with E-state index in [9.17, 15) is 4.39 Å². The summed E-state index contributed by atoms with van der Waals surface area (Å²) < 4.78 is 13.2. The Kier molecular flexibility index (Phi) is 2.26. The highest BCUT2D eigenvalue weighted by molar-refractivity contribution is 6.31. The van der Waals surface area contributed by atoms with Crippen molar-refractivity contribution in [2.45, 2.75) is 18.8 Å². The SMILES string of the molecule is OCC1CCc2c(F)ccc(Cl)c21. The van der Waals surface area contributed by atoms with Crippen molar-refractivity contribution in [2.24, 2.45) is 0 Å². The van der Waals surface area contributed by atoms with E-state index in [1.807, 2.05) is 0 Å². The molecule has 0 bridgehead atoms. The minimum Gasteiger partial charge on any atom is -0.396 e. The summed E-state index contributed by atoms with van der Waals surface area (Å²) in [4.78, 5) is 0. The molecule has 0 aromatic heterocycles. The lowest BCUT2D eigenvalue weighted by Crippen LogP contribution is -2.00. The summed E-state index contributed by atoms with van der Waals surface area (Å²) in [5.74, 6) is -0.173. The van der Waals surface area contributed by atoms with Crippen LogP contribution in [0.3, 0.4) is 0 Å². The van der Waals surface area contributed by atoms with Crippen LogP contribution in [0.15, 0.2) is 12.1 Å². The van der Waals surface area contributed by atoms with Crippen molar-refractivity contribution in [1.29, 1.82) is 0 Å². The van der Waals surface area contributed by atoms with Crippen molar-refractivity contribution in [3.05, 3.63) is 34.1 Å². The zero-order valence-corrected chi connectivity index (χ0v) is 7.81. The maximum Gasteiger partial charge on any atom is 0.126 e. The first kappa shape index (κ1) is 8.97. The first-order valence-corrected chi connectivity index (χ1v) is 4.69. The van der Waals surface area contributed by atoms with Crippen LogP contribution in [-0.2, 0) is 6.42 Å². The fourth-order valence-corrected chi connectivity index (χ4v) is 2.28. The summed E-state index contributed by atoms with van der Waals surface area (Å²) in [6.45, 7) is 0.0518. The number of aliphatic hydroxyl groups excluding tert-OH is 1. The number of rotatable bonds is 1. The minimum absolute atomic E-state index is 0.0261. The second kappa shape index (κ2) is 3.28. The largest absolute Gasteiger partial charge is 0.396 e. The van der Waals surface area contributed by atoms with E-state index in [4.69, 9.17) is 16.7 Å². The van der Waals surface area contributed by atoms with Gasteiger partial charge in [-0.15, -0.1) is 0 Å². The molecule has 13 heavy (non-hydrogen) atoms. The number of benzene rings is 1. The van der Waals surface area contributed by atoms with Crippen LogP contribution in [0.2, 0.25) is 5.02 Å². The normalized spacial score (nSPS) is 20.4. The summed E-state index contributed by atoms with van der Waals surface area (Å²) in [7, 11) is 0. The first-order chi connectivity index (χ1) is 6.24. The second-order valence-electron chi connectivity index (χ2n) is 3.34. The molecule has 3 heteroatoms. The molecule has 0 aliphatic heterocycles. The van der Waals surface area contributed by atoms with E-state index >= 15 is 0 Å². The highest BCUT2D eigenvalue weighted by Crippen LogP contribution is 2.38. The van der Waals surface area contributed by atoms with Gasteiger partial charge in [0.15, 0.2) is 0 Å². The number of hydrogen-bond acceptors (Lipinski definition) is 1. The maximum absolute atomic E-state index is 13.2. The Morgan fingerprint density at radius 2 is 2.31 bits per heavy atom. The van der Waals surface area contributed by atoms with Gasteiger partial charge < -0.3 is 5.11 Å². The summed E-state index contributed by atoms with van der Waals surface area (Å²) in [5, 5.41) is 9.62. The molecule has 0 saturated heterocycles. The van der Waals surface area contributed by atoms with Gasteiger partial charge in [0.1, 0.15) is 5.82 Å². The van der Waals surface area contributed by atoms with Crippen molar-refractivity contribution >= 4 is 11.6 Å². The zero-order chi connectivity index (χ0) is 9.42. The van der Waals surface area contributed by atoms with Gasteiger partial charge in [-0.3, -0.25) is 0 Å². The Labute approximate surface area is 81.1 Å². The molecular weight excluding hydrogens is 191 g/mol. The number of halogens is 2. The summed E-state index contributed by atoms with van der Waals surface area (Å²) in [5.41, 5.74) is 1.50. The molecule has 1 unspecified atom stereocenters. The van der Waals surface area contributed by atoms with Gasteiger partial charge in [-0.05, 0) is 36.1 Å². The third-order valence-electron chi connectivity index (χ3n) is 2.62. The van der Waals surface area contributed by atoms with Crippen LogP contribution < -0.4 is 0 Å². The molecule has 70 valence electrons. The molecule has 0 radical (unpaired) electrons. The van der Waals surface area contributed by atoms with Crippen LogP contribution >= 0.6 is 11.6 Å². The lowest BCUT2D eigenvalue weighted by atomic mass is 10.0. The smallest absolute Gasteiger partial charge is 0.126 e. The van der Waals surface area contributed by atoms with Crippen LogP contribution in [-0.4, -0.2) is 11.7 Å². The molecule has 0 saturated carbocycles. The van der Waals surface area contributed by atoms with Gasteiger partial charge in [0.2, 0.25) is 0 Å². The zero-order valence-electron chi connectivity index (χ0n) is 7.06. The van der Waals surface area contributed by atoms with E-state index in [1.54, 1.807) is 6.07 Å². The summed E-state index contributed by atoms with van der Waals surface area (Å²) in [6.07, 6.45) is 1.49. The average Bonchev–Trinajstić information content (AvgIpc) is 2.56. The lowest BCUT2D eigenvalue weighted by molar-refractivity contribution is 0.265. The van der Waals surface area contributed by atoms with Gasteiger partial charge >= 0.3 is 0 Å². The molecule has 0 spiro atoms. The van der Waals surface area contributed by atoms with Crippen molar-refractivity contribution in [1.82, 2.24) is 0 Å². The molecule has 0 heterocycles. The van der Waals surface area contributed by atoms with Crippen LogP contribution in [0, 0.1) is 5.82 Å². The fraction of sp³-hybridized carbons (Fsp3) is 0.400. The molecule has 1 nitrogen and oxygen atoms in total. The van der Waals surface area contributed by atoms with Gasteiger partial charge in [0.25, 0.3) is 0 Å². The van der Waals surface area contributed by atoms with Crippen LogP contribution in [0.4, 0.5) is 4.39 Å². The Hall–Kier alpha value is -0.600. The molecule has 1 aliphatic rings. The standard InChI is InChI=1S/C10H10ClFO/c11-8-3-4-9(12)7-2-1-6(5-13)10(7)8/h3-4,6,13H,1-2,5H2. The van der Waals surface area contributed by atoms with Crippen molar-refractivity contribution in [3.8, 4) is 0 Å². The van der Waals surface area contributed by atoms with Gasteiger partial charge in [-0.2, -0.15) is 0 Å². The van der Waals surface area contributed by atoms with E-state index in [2.05, 4.69) is 0 Å². The van der Waals surface area contributed by atoms with Gasteiger partial charge in [0, 0.05) is 10.9 Å². The quantitative estimate of drug-likeness (QED) is 0.739. The minimum atomic E-state index is -0.199. The number of fused-ring (bicyclic) bond motifs is 1. The fourth-order valence-electron chi connectivity index (χ4n) is 1.95. The molecule has 1 aromatic carbocycles. The monoisotopic (exact) mass is 200 g/mol. The van der Waals surface area contributed by atoms with Crippen molar-refractivity contribution in [2.75, 3.05) is 6.61 Å². The highest BCUT2D eigenvalue weighted by atomic mass is 35.5. The molecule has 2 rings (SSSR count). The van der Waals surface area contributed by atoms with E-state index in [0.29, 0.717) is 17.0 Å². The van der Waals surface area contributed by atoms with E-state index in [0.717, 1.165) is 12.0 Å². The third kappa shape index (κ3) is 1.34. The van der Waals surface area contributed by atoms with Crippen molar-refractivity contribution in [3.63, 3.8) is 0 Å². The Morgan fingerprint density at radius 1 is 1.54 bits per heavy atom. The van der Waals surface area contributed by atoms with Crippen LogP contribution in [0.5, 0.6) is 0 Å². The van der Waals surface area contributed by atoms with Gasteiger partial charge in [-0.1, -0.05) is 11.6 Å². The predicted molar refractivity (Wildman–Crippen MR) is 49.6 cm³/mol. The van der Waals surface area contributed by atoms with Gasteiger partial charge in [-0.25, -0.2) is 4.39 Å².